The molecule has 0 bridgehead atoms. The monoisotopic (exact) mass is 315 g/mol. The number of hydrogen-bond donors (Lipinski definition) is 1. The average molecular weight is 315 g/mol. The number of rotatable bonds is 5. The number of halogens is 2. The molecule has 7 heteroatoms. The summed E-state index contributed by atoms with van der Waals surface area (Å²) in [6.07, 6.45) is -0.0852. The largest absolute Gasteiger partial charge is 0.481 e. The van der Waals surface area contributed by atoms with Gasteiger partial charge in [-0.3, -0.25) is 4.79 Å². The molecule has 1 aromatic heterocycles. The third-order valence-corrected chi connectivity index (χ3v) is 4.91. The van der Waals surface area contributed by atoms with E-state index < -0.39 is 17.6 Å². The van der Waals surface area contributed by atoms with E-state index in [1.165, 1.54) is 41.3 Å². The van der Waals surface area contributed by atoms with E-state index in [2.05, 4.69) is 4.98 Å². The molecule has 2 aromatic rings. The van der Waals surface area contributed by atoms with Gasteiger partial charge >= 0.3 is 5.97 Å². The Balaban J connectivity index is 2.10. The topological polar surface area (TPSA) is 50.2 Å². The average Bonchev–Trinajstić information content (AvgIpc) is 2.68. The number of nitrogens with zero attached hydrogens (tertiary/aromatic N) is 1. The highest BCUT2D eigenvalue weighted by atomic mass is 32.2. The zero-order chi connectivity index (χ0) is 14.7. The number of aromatic nitrogens is 1. The van der Waals surface area contributed by atoms with E-state index in [1.807, 2.05) is 0 Å². The molecule has 1 aromatic carbocycles. The van der Waals surface area contributed by atoms with Gasteiger partial charge in [0.2, 0.25) is 0 Å². The van der Waals surface area contributed by atoms with Gasteiger partial charge in [-0.25, -0.2) is 13.8 Å². The minimum absolute atomic E-state index is 0.00476. The first-order chi connectivity index (χ1) is 9.47. The number of carboxylic acids is 1. The van der Waals surface area contributed by atoms with Crippen molar-refractivity contribution in [1.29, 1.82) is 0 Å². The van der Waals surface area contributed by atoms with E-state index >= 15 is 0 Å². The summed E-state index contributed by atoms with van der Waals surface area (Å²) in [6, 6.07) is 3.74. The molecule has 0 fully saturated rings. The Morgan fingerprint density at radius 3 is 2.65 bits per heavy atom. The molecule has 0 amide bonds. The summed E-state index contributed by atoms with van der Waals surface area (Å²) >= 11 is 2.44. The van der Waals surface area contributed by atoms with Crippen LogP contribution in [0.2, 0.25) is 0 Å². The predicted octanol–water partition coefficient (Wildman–Crippen LogP) is 3.65. The first kappa shape index (κ1) is 14.9. The minimum atomic E-state index is -0.923. The number of aryl methyl sites for hydroxylation is 1. The van der Waals surface area contributed by atoms with Crippen LogP contribution in [0.1, 0.15) is 16.1 Å². The Labute approximate surface area is 122 Å². The Bertz CT molecular complexity index is 623. The van der Waals surface area contributed by atoms with Crippen molar-refractivity contribution in [1.82, 2.24) is 4.98 Å². The molecule has 1 heterocycles. The van der Waals surface area contributed by atoms with Crippen LogP contribution in [0.25, 0.3) is 0 Å². The van der Waals surface area contributed by atoms with Gasteiger partial charge < -0.3 is 5.11 Å². The lowest BCUT2D eigenvalue weighted by molar-refractivity contribution is -0.136. The van der Waals surface area contributed by atoms with Gasteiger partial charge in [-0.15, -0.1) is 11.3 Å². The van der Waals surface area contributed by atoms with Crippen molar-refractivity contribution < 1.29 is 18.7 Å². The lowest BCUT2D eigenvalue weighted by Gasteiger charge is -2.02. The number of thiazole rings is 1. The van der Waals surface area contributed by atoms with Crippen molar-refractivity contribution >= 4 is 29.1 Å². The van der Waals surface area contributed by atoms with E-state index in [9.17, 15) is 13.6 Å². The van der Waals surface area contributed by atoms with Crippen LogP contribution in [0, 0.1) is 18.6 Å². The molecule has 0 spiro atoms. The van der Waals surface area contributed by atoms with Crippen LogP contribution in [0.3, 0.4) is 0 Å². The Hall–Kier alpha value is -1.47. The number of carbonyl (C=O) groups is 1. The second-order valence-electron chi connectivity index (χ2n) is 4.05. The number of aliphatic carboxylic acids is 1. The van der Waals surface area contributed by atoms with Crippen molar-refractivity contribution in [2.75, 3.05) is 0 Å². The third kappa shape index (κ3) is 3.55. The van der Waals surface area contributed by atoms with Crippen molar-refractivity contribution in [2.45, 2.75) is 23.4 Å². The van der Waals surface area contributed by atoms with Gasteiger partial charge in [-0.05, 0) is 19.1 Å². The highest BCUT2D eigenvalue weighted by Gasteiger charge is 2.13. The van der Waals surface area contributed by atoms with E-state index in [-0.39, 0.29) is 17.7 Å². The van der Waals surface area contributed by atoms with Crippen molar-refractivity contribution in [2.24, 2.45) is 0 Å². The number of thioether (sulfide) groups is 1. The van der Waals surface area contributed by atoms with Gasteiger partial charge in [-0.2, -0.15) is 0 Å². The highest BCUT2D eigenvalue weighted by Crippen LogP contribution is 2.31. The van der Waals surface area contributed by atoms with Crippen LogP contribution in [-0.4, -0.2) is 16.1 Å². The summed E-state index contributed by atoms with van der Waals surface area (Å²) in [5.74, 6) is -1.97. The van der Waals surface area contributed by atoms with Crippen molar-refractivity contribution in [3.63, 3.8) is 0 Å². The summed E-state index contributed by atoms with van der Waals surface area (Å²) in [6.45, 7) is 1.72. The fourth-order valence-corrected chi connectivity index (χ4v) is 3.81. The van der Waals surface area contributed by atoms with Gasteiger partial charge in [0.15, 0.2) is 4.34 Å². The van der Waals surface area contributed by atoms with Gasteiger partial charge in [0, 0.05) is 16.2 Å². The summed E-state index contributed by atoms with van der Waals surface area (Å²) in [7, 11) is 0. The zero-order valence-corrected chi connectivity index (χ0v) is 12.2. The molecule has 20 heavy (non-hydrogen) atoms. The summed E-state index contributed by atoms with van der Waals surface area (Å²) < 4.78 is 27.5. The molecular weight excluding hydrogens is 304 g/mol. The molecule has 1 N–H and O–H groups in total. The van der Waals surface area contributed by atoms with E-state index in [0.29, 0.717) is 14.9 Å². The smallest absolute Gasteiger partial charge is 0.308 e. The molecule has 3 nitrogen and oxygen atoms in total. The van der Waals surface area contributed by atoms with E-state index in [0.717, 1.165) is 0 Å². The second kappa shape index (κ2) is 6.32. The third-order valence-electron chi connectivity index (χ3n) is 2.59. The first-order valence-electron chi connectivity index (χ1n) is 5.71. The summed E-state index contributed by atoms with van der Waals surface area (Å²) in [5.41, 5.74) is 0.652. The molecule has 0 radical (unpaired) electrons. The van der Waals surface area contributed by atoms with Gasteiger partial charge in [0.25, 0.3) is 0 Å². The molecule has 0 aliphatic rings. The maximum Gasteiger partial charge on any atom is 0.308 e. The highest BCUT2D eigenvalue weighted by molar-refractivity contribution is 8.00. The fourth-order valence-electron chi connectivity index (χ4n) is 1.57. The van der Waals surface area contributed by atoms with Gasteiger partial charge in [0.1, 0.15) is 11.6 Å². The first-order valence-corrected chi connectivity index (χ1v) is 7.51. The molecule has 0 saturated heterocycles. The zero-order valence-electron chi connectivity index (χ0n) is 10.5. The molecular formula is C13H11F2NO2S2. The van der Waals surface area contributed by atoms with Crippen LogP contribution in [0.5, 0.6) is 0 Å². The SMILES string of the molecule is Cc1nc(SCc2c(F)cccc2F)sc1CC(=O)O. The Kier molecular flexibility index (Phi) is 4.72. The Morgan fingerprint density at radius 1 is 1.40 bits per heavy atom. The van der Waals surface area contributed by atoms with E-state index in [1.54, 1.807) is 6.92 Å². The van der Waals surface area contributed by atoms with Crippen molar-refractivity contribution in [3.05, 3.63) is 46.0 Å². The molecule has 0 aliphatic heterocycles. The molecule has 106 valence electrons. The maximum atomic E-state index is 13.5. The lowest BCUT2D eigenvalue weighted by Crippen LogP contribution is -1.99. The summed E-state index contributed by atoms with van der Waals surface area (Å²) in [4.78, 5) is 15.5. The maximum absolute atomic E-state index is 13.5. The normalized spacial score (nSPS) is 10.8. The Morgan fingerprint density at radius 2 is 2.05 bits per heavy atom. The van der Waals surface area contributed by atoms with Crippen LogP contribution in [-0.2, 0) is 17.0 Å². The second-order valence-corrected chi connectivity index (χ2v) is 6.35. The standard InChI is InChI=1S/C13H11F2NO2S2/c1-7-11(5-12(17)18)20-13(16-7)19-6-8-9(14)3-2-4-10(8)15/h2-4H,5-6H2,1H3,(H,17,18). The minimum Gasteiger partial charge on any atom is -0.481 e. The van der Waals surface area contributed by atoms with Gasteiger partial charge in [0.05, 0.1) is 12.1 Å². The van der Waals surface area contributed by atoms with Crippen molar-refractivity contribution in [3.8, 4) is 0 Å². The predicted molar refractivity (Wildman–Crippen MR) is 74.1 cm³/mol. The number of hydrogen-bond acceptors (Lipinski definition) is 4. The van der Waals surface area contributed by atoms with Crippen LogP contribution < -0.4 is 0 Å². The molecule has 0 atom stereocenters. The molecule has 0 saturated carbocycles. The van der Waals surface area contributed by atoms with Gasteiger partial charge in [-0.1, -0.05) is 17.8 Å². The quantitative estimate of drug-likeness (QED) is 0.856. The molecule has 0 aliphatic carbocycles. The van der Waals surface area contributed by atoms with Crippen LogP contribution >= 0.6 is 23.1 Å². The van der Waals surface area contributed by atoms with Crippen LogP contribution in [0.15, 0.2) is 22.5 Å². The lowest BCUT2D eigenvalue weighted by atomic mass is 10.2. The fraction of sp³-hybridized carbons (Fsp3) is 0.231. The number of benzene rings is 1. The molecule has 2 rings (SSSR count). The summed E-state index contributed by atoms with van der Waals surface area (Å²) in [5, 5.41) is 8.75. The number of carboxylic acid groups (broad SMARTS) is 1. The molecule has 0 unspecified atom stereocenters. The van der Waals surface area contributed by atoms with E-state index in [4.69, 9.17) is 5.11 Å². The van der Waals surface area contributed by atoms with Crippen LogP contribution in [0.4, 0.5) is 8.78 Å².